The van der Waals surface area contributed by atoms with Gasteiger partial charge in [0.1, 0.15) is 5.69 Å². The summed E-state index contributed by atoms with van der Waals surface area (Å²) in [5, 5.41) is 8.81. The number of aryl methyl sites for hydroxylation is 1. The van der Waals surface area contributed by atoms with Crippen LogP contribution in [0.15, 0.2) is 66.9 Å². The van der Waals surface area contributed by atoms with Gasteiger partial charge in [-0.1, -0.05) is 30.3 Å². The Labute approximate surface area is 164 Å². The van der Waals surface area contributed by atoms with E-state index in [0.29, 0.717) is 23.6 Å². The molecule has 0 radical (unpaired) electrons. The van der Waals surface area contributed by atoms with Gasteiger partial charge in [-0.05, 0) is 48.4 Å². The lowest BCUT2D eigenvalue weighted by Crippen LogP contribution is -2.14. The molecule has 0 bridgehead atoms. The van der Waals surface area contributed by atoms with Crippen LogP contribution in [0.5, 0.6) is 0 Å². The summed E-state index contributed by atoms with van der Waals surface area (Å²) in [5.74, 6) is -0.489. The van der Waals surface area contributed by atoms with Crippen LogP contribution in [-0.2, 0) is 11.3 Å². The second-order valence-corrected chi connectivity index (χ2v) is 6.43. The van der Waals surface area contributed by atoms with Crippen molar-refractivity contribution in [3.05, 3.63) is 83.7 Å². The van der Waals surface area contributed by atoms with Crippen molar-refractivity contribution < 1.29 is 9.59 Å². The number of pyridine rings is 1. The Morgan fingerprint density at radius 1 is 0.893 bits per heavy atom. The van der Waals surface area contributed by atoms with Crippen molar-refractivity contribution in [2.45, 2.75) is 20.4 Å². The van der Waals surface area contributed by atoms with E-state index in [0.717, 1.165) is 5.69 Å². The van der Waals surface area contributed by atoms with Gasteiger partial charge >= 0.3 is 0 Å². The third-order valence-corrected chi connectivity index (χ3v) is 4.18. The monoisotopic (exact) mass is 374 g/mol. The second kappa shape index (κ2) is 8.81. The number of nitrogens with one attached hydrogen (secondary N) is 3. The van der Waals surface area contributed by atoms with Crippen LogP contribution in [0.3, 0.4) is 0 Å². The van der Waals surface area contributed by atoms with Crippen molar-refractivity contribution in [1.29, 1.82) is 0 Å². The Morgan fingerprint density at radius 3 is 2.39 bits per heavy atom. The highest BCUT2D eigenvalue weighted by Crippen LogP contribution is 2.17. The van der Waals surface area contributed by atoms with Gasteiger partial charge in [-0.2, -0.15) is 0 Å². The number of rotatable bonds is 6. The summed E-state index contributed by atoms with van der Waals surface area (Å²) in [6, 6.07) is 18.6. The smallest absolute Gasteiger partial charge is 0.274 e. The number of hydrogen-bond acceptors (Lipinski definition) is 4. The van der Waals surface area contributed by atoms with Crippen molar-refractivity contribution in [1.82, 2.24) is 4.98 Å². The van der Waals surface area contributed by atoms with Crippen molar-refractivity contribution in [2.24, 2.45) is 0 Å². The molecule has 142 valence electrons. The zero-order valence-corrected chi connectivity index (χ0v) is 15.8. The summed E-state index contributed by atoms with van der Waals surface area (Å²) in [7, 11) is 0. The molecular weight excluding hydrogens is 352 g/mol. The topological polar surface area (TPSA) is 83.1 Å². The second-order valence-electron chi connectivity index (χ2n) is 6.43. The minimum atomic E-state index is -0.320. The Balaban J connectivity index is 1.67. The highest BCUT2D eigenvalue weighted by Gasteiger charge is 2.09. The van der Waals surface area contributed by atoms with Crippen molar-refractivity contribution in [3.63, 3.8) is 0 Å². The number of nitrogens with zero attached hydrogens (tertiary/aromatic N) is 1. The number of carbonyl (C=O) groups is 2. The van der Waals surface area contributed by atoms with Gasteiger partial charge in [-0.15, -0.1) is 0 Å². The van der Waals surface area contributed by atoms with Crippen LogP contribution in [0, 0.1) is 6.92 Å². The first-order valence-electron chi connectivity index (χ1n) is 8.95. The van der Waals surface area contributed by atoms with Crippen LogP contribution < -0.4 is 16.0 Å². The molecule has 1 aromatic heterocycles. The largest absolute Gasteiger partial charge is 0.381 e. The number of amides is 2. The summed E-state index contributed by atoms with van der Waals surface area (Å²) in [4.78, 5) is 27.9. The van der Waals surface area contributed by atoms with Gasteiger partial charge in [0.2, 0.25) is 5.91 Å². The SMILES string of the molecule is CC(=O)Nc1cccc(NC(=O)c2cc(NCc3ccccc3C)ccn2)c1. The first-order valence-corrected chi connectivity index (χ1v) is 8.95. The lowest BCUT2D eigenvalue weighted by atomic mass is 10.1. The van der Waals surface area contributed by atoms with Gasteiger partial charge in [0.15, 0.2) is 0 Å². The summed E-state index contributed by atoms with van der Waals surface area (Å²) >= 11 is 0. The zero-order chi connectivity index (χ0) is 19.9. The van der Waals surface area contributed by atoms with Gasteiger partial charge in [0, 0.05) is 36.7 Å². The van der Waals surface area contributed by atoms with E-state index < -0.39 is 0 Å². The highest BCUT2D eigenvalue weighted by atomic mass is 16.2. The third-order valence-electron chi connectivity index (χ3n) is 4.18. The third kappa shape index (κ3) is 5.17. The molecule has 0 atom stereocenters. The molecule has 2 amide bonds. The normalized spacial score (nSPS) is 10.2. The molecule has 2 aromatic carbocycles. The summed E-state index contributed by atoms with van der Waals surface area (Å²) in [5.41, 5.74) is 4.72. The molecule has 3 rings (SSSR count). The van der Waals surface area contributed by atoms with Gasteiger partial charge in [-0.3, -0.25) is 14.6 Å². The van der Waals surface area contributed by atoms with Crippen LogP contribution >= 0.6 is 0 Å². The average Bonchev–Trinajstić information content (AvgIpc) is 2.67. The standard InChI is InChI=1S/C22H22N4O2/c1-15-6-3-4-7-17(15)14-24-18-10-11-23-21(13-18)22(28)26-20-9-5-8-19(12-20)25-16(2)27/h3-13H,14H2,1-2H3,(H,23,24)(H,25,27)(H,26,28). The fourth-order valence-electron chi connectivity index (χ4n) is 2.74. The predicted octanol–water partition coefficient (Wildman–Crippen LogP) is 4.21. The maximum atomic E-state index is 12.5. The lowest BCUT2D eigenvalue weighted by molar-refractivity contribution is -0.114. The zero-order valence-electron chi connectivity index (χ0n) is 15.8. The predicted molar refractivity (Wildman–Crippen MR) is 111 cm³/mol. The van der Waals surface area contributed by atoms with Crippen LogP contribution in [0.4, 0.5) is 17.1 Å². The molecule has 0 aliphatic rings. The Kier molecular flexibility index (Phi) is 6.01. The summed E-state index contributed by atoms with van der Waals surface area (Å²) in [6.07, 6.45) is 1.60. The molecule has 0 fully saturated rings. The van der Waals surface area contributed by atoms with Crippen molar-refractivity contribution in [3.8, 4) is 0 Å². The van der Waals surface area contributed by atoms with E-state index in [-0.39, 0.29) is 11.8 Å². The molecule has 0 saturated carbocycles. The molecule has 1 heterocycles. The van der Waals surface area contributed by atoms with Gasteiger partial charge in [-0.25, -0.2) is 0 Å². The van der Waals surface area contributed by atoms with Crippen molar-refractivity contribution >= 4 is 28.9 Å². The number of anilines is 3. The van der Waals surface area contributed by atoms with Crippen LogP contribution in [0.2, 0.25) is 0 Å². The Bertz CT molecular complexity index is 1000. The molecule has 6 nitrogen and oxygen atoms in total. The van der Waals surface area contributed by atoms with Gasteiger partial charge in [0.05, 0.1) is 0 Å². The number of carbonyl (C=O) groups excluding carboxylic acids is 2. The van der Waals surface area contributed by atoms with Crippen LogP contribution in [0.25, 0.3) is 0 Å². The molecular formula is C22H22N4O2. The molecule has 0 aliphatic carbocycles. The summed E-state index contributed by atoms with van der Waals surface area (Å²) < 4.78 is 0. The minimum absolute atomic E-state index is 0.169. The maximum absolute atomic E-state index is 12.5. The number of benzene rings is 2. The van der Waals surface area contributed by atoms with E-state index in [1.54, 1.807) is 36.5 Å². The number of aromatic nitrogens is 1. The molecule has 3 N–H and O–H groups in total. The van der Waals surface area contributed by atoms with E-state index >= 15 is 0 Å². The highest BCUT2D eigenvalue weighted by molar-refractivity contribution is 6.03. The Morgan fingerprint density at radius 2 is 1.64 bits per heavy atom. The molecule has 0 saturated heterocycles. The molecule has 6 heteroatoms. The van der Waals surface area contributed by atoms with E-state index in [1.807, 2.05) is 18.2 Å². The minimum Gasteiger partial charge on any atom is -0.381 e. The average molecular weight is 374 g/mol. The van der Waals surface area contributed by atoms with Crippen LogP contribution in [-0.4, -0.2) is 16.8 Å². The molecule has 0 unspecified atom stereocenters. The molecule has 0 aliphatic heterocycles. The lowest BCUT2D eigenvalue weighted by Gasteiger charge is -2.11. The molecule has 28 heavy (non-hydrogen) atoms. The fraction of sp³-hybridized carbons (Fsp3) is 0.136. The summed E-state index contributed by atoms with van der Waals surface area (Å²) in [6.45, 7) is 4.17. The maximum Gasteiger partial charge on any atom is 0.274 e. The first kappa shape index (κ1) is 19.1. The van der Waals surface area contributed by atoms with E-state index in [4.69, 9.17) is 0 Å². The Hall–Kier alpha value is -3.67. The van der Waals surface area contributed by atoms with Gasteiger partial charge in [0.25, 0.3) is 5.91 Å². The quantitative estimate of drug-likeness (QED) is 0.603. The molecule has 0 spiro atoms. The fourth-order valence-corrected chi connectivity index (χ4v) is 2.74. The van der Waals surface area contributed by atoms with Gasteiger partial charge < -0.3 is 16.0 Å². The van der Waals surface area contributed by atoms with E-state index in [2.05, 4.69) is 40.0 Å². The van der Waals surface area contributed by atoms with E-state index in [1.165, 1.54) is 18.1 Å². The van der Waals surface area contributed by atoms with Crippen molar-refractivity contribution in [2.75, 3.05) is 16.0 Å². The first-order chi connectivity index (χ1) is 13.5. The number of hydrogen-bond donors (Lipinski definition) is 3. The van der Waals surface area contributed by atoms with E-state index in [9.17, 15) is 9.59 Å². The molecule has 3 aromatic rings. The van der Waals surface area contributed by atoms with Crippen LogP contribution in [0.1, 0.15) is 28.5 Å².